The van der Waals surface area contributed by atoms with Crippen LogP contribution in [0.15, 0.2) is 35.2 Å². The zero-order valence-corrected chi connectivity index (χ0v) is 18.3. The lowest BCUT2D eigenvalue weighted by Gasteiger charge is -2.26. The van der Waals surface area contributed by atoms with Gasteiger partial charge in [-0.3, -0.25) is 0 Å². The monoisotopic (exact) mass is 423 g/mol. The van der Waals surface area contributed by atoms with E-state index in [9.17, 15) is 8.42 Å². The van der Waals surface area contributed by atoms with Crippen molar-refractivity contribution in [3.05, 3.63) is 47.0 Å². The average molecular weight is 424 g/mol. The fourth-order valence-electron chi connectivity index (χ4n) is 3.41. The number of hydrogen-bond donors (Lipinski definition) is 0. The van der Waals surface area contributed by atoms with Gasteiger partial charge in [0.15, 0.2) is 11.5 Å². The van der Waals surface area contributed by atoms with E-state index in [0.717, 1.165) is 16.7 Å². The van der Waals surface area contributed by atoms with E-state index in [0.29, 0.717) is 34.4 Å². The molecule has 1 atom stereocenters. The summed E-state index contributed by atoms with van der Waals surface area (Å²) in [6.07, 6.45) is 0. The smallest absolute Gasteiger partial charge is 0.244 e. The minimum atomic E-state index is -3.66. The maximum atomic E-state index is 13.4. The Morgan fingerprint density at radius 2 is 1.61 bits per heavy atom. The molecule has 0 aliphatic carbocycles. The maximum Gasteiger partial charge on any atom is 0.244 e. The first-order chi connectivity index (χ1) is 13.3. The van der Waals surface area contributed by atoms with Crippen molar-refractivity contribution in [2.45, 2.75) is 24.1 Å². The van der Waals surface area contributed by atoms with Crippen LogP contribution >= 0.6 is 11.8 Å². The van der Waals surface area contributed by atoms with Crippen molar-refractivity contribution in [1.29, 1.82) is 0 Å². The molecule has 0 saturated carbocycles. The molecule has 0 radical (unpaired) electrons. The fraction of sp³-hybridized carbons (Fsp3) is 0.400. The van der Waals surface area contributed by atoms with Crippen molar-refractivity contribution in [3.63, 3.8) is 0 Å². The molecular formula is C20H25NO5S2. The number of thioether (sulfide) groups is 1. The van der Waals surface area contributed by atoms with Crippen LogP contribution < -0.4 is 14.2 Å². The number of aryl methyl sites for hydroxylation is 2. The standard InChI is InChI=1S/C20H25NO5S2/c1-13-6-7-19(14(2)10-13)28(22,23)21-8-9-27-20(21)15-11-17(25-4)18(26-5)12-16(15)24-3/h6-7,10-12,20H,8-9H2,1-5H3/t20-/m1/s1. The van der Waals surface area contributed by atoms with Gasteiger partial charge in [0.2, 0.25) is 10.0 Å². The van der Waals surface area contributed by atoms with Crippen molar-refractivity contribution in [1.82, 2.24) is 4.31 Å². The highest BCUT2D eigenvalue weighted by Crippen LogP contribution is 2.48. The van der Waals surface area contributed by atoms with E-state index in [-0.39, 0.29) is 0 Å². The molecule has 1 aliphatic heterocycles. The Labute approximate surface area is 170 Å². The molecule has 1 fully saturated rings. The second-order valence-electron chi connectivity index (χ2n) is 6.56. The number of sulfonamides is 1. The zero-order chi connectivity index (χ0) is 20.5. The van der Waals surface area contributed by atoms with Gasteiger partial charge in [0.1, 0.15) is 5.75 Å². The summed E-state index contributed by atoms with van der Waals surface area (Å²) in [7, 11) is 1.01. The quantitative estimate of drug-likeness (QED) is 0.705. The van der Waals surface area contributed by atoms with Crippen molar-refractivity contribution >= 4 is 21.8 Å². The second kappa shape index (κ2) is 8.23. The van der Waals surface area contributed by atoms with Gasteiger partial charge in [-0.15, -0.1) is 11.8 Å². The first kappa shape index (κ1) is 20.8. The highest BCUT2D eigenvalue weighted by atomic mass is 32.2. The van der Waals surface area contributed by atoms with E-state index in [2.05, 4.69) is 0 Å². The Morgan fingerprint density at radius 1 is 0.964 bits per heavy atom. The van der Waals surface area contributed by atoms with Crippen LogP contribution in [0, 0.1) is 13.8 Å². The fourth-order valence-corrected chi connectivity index (χ4v) is 6.86. The minimum Gasteiger partial charge on any atom is -0.496 e. The molecule has 0 spiro atoms. The first-order valence-corrected chi connectivity index (χ1v) is 11.3. The number of ether oxygens (including phenoxy) is 3. The van der Waals surface area contributed by atoms with Gasteiger partial charge in [-0.2, -0.15) is 4.31 Å². The van der Waals surface area contributed by atoms with Gasteiger partial charge in [0.05, 0.1) is 31.6 Å². The Morgan fingerprint density at radius 3 is 2.21 bits per heavy atom. The third-order valence-electron chi connectivity index (χ3n) is 4.77. The topological polar surface area (TPSA) is 65.1 Å². The van der Waals surface area contributed by atoms with E-state index < -0.39 is 15.4 Å². The third-order valence-corrected chi connectivity index (χ3v) is 8.17. The Kier molecular flexibility index (Phi) is 6.12. The summed E-state index contributed by atoms with van der Waals surface area (Å²) in [5.74, 6) is 2.34. The highest BCUT2D eigenvalue weighted by molar-refractivity contribution is 8.01. The summed E-state index contributed by atoms with van der Waals surface area (Å²) in [5.41, 5.74) is 2.52. The molecule has 3 rings (SSSR count). The second-order valence-corrected chi connectivity index (χ2v) is 9.60. The van der Waals surface area contributed by atoms with Crippen LogP contribution in [0.3, 0.4) is 0 Å². The van der Waals surface area contributed by atoms with Gasteiger partial charge in [0, 0.05) is 23.9 Å². The first-order valence-electron chi connectivity index (χ1n) is 8.84. The predicted octanol–water partition coefficient (Wildman–Crippen LogP) is 3.77. The molecule has 1 saturated heterocycles. The predicted molar refractivity (Wildman–Crippen MR) is 111 cm³/mol. The largest absolute Gasteiger partial charge is 0.496 e. The Balaban J connectivity index is 2.08. The van der Waals surface area contributed by atoms with Crippen LogP contribution in [0.2, 0.25) is 0 Å². The van der Waals surface area contributed by atoms with E-state index in [4.69, 9.17) is 14.2 Å². The van der Waals surface area contributed by atoms with Crippen LogP contribution in [-0.2, 0) is 10.0 Å². The molecule has 1 heterocycles. The molecule has 0 unspecified atom stereocenters. The Hall–Kier alpha value is -1.90. The number of rotatable bonds is 6. The molecule has 0 amide bonds. The molecule has 0 bridgehead atoms. The van der Waals surface area contributed by atoms with E-state index in [1.165, 1.54) is 0 Å². The molecule has 0 aromatic heterocycles. The number of benzene rings is 2. The molecule has 2 aromatic rings. The molecule has 2 aromatic carbocycles. The van der Waals surface area contributed by atoms with Crippen LogP contribution in [0.1, 0.15) is 22.1 Å². The van der Waals surface area contributed by atoms with Crippen molar-refractivity contribution < 1.29 is 22.6 Å². The van der Waals surface area contributed by atoms with Crippen molar-refractivity contribution in [2.75, 3.05) is 33.6 Å². The van der Waals surface area contributed by atoms with Gasteiger partial charge >= 0.3 is 0 Å². The summed E-state index contributed by atoms with van der Waals surface area (Å²) in [4.78, 5) is 0.338. The highest BCUT2D eigenvalue weighted by Gasteiger charge is 2.39. The average Bonchev–Trinajstić information content (AvgIpc) is 3.17. The Bertz CT molecular complexity index is 975. The molecule has 8 heteroatoms. The zero-order valence-electron chi connectivity index (χ0n) is 16.7. The third kappa shape index (κ3) is 3.68. The van der Waals surface area contributed by atoms with Gasteiger partial charge in [-0.25, -0.2) is 8.42 Å². The molecule has 152 valence electrons. The summed E-state index contributed by atoms with van der Waals surface area (Å²) in [6.45, 7) is 4.21. The number of nitrogens with zero attached hydrogens (tertiary/aromatic N) is 1. The summed E-state index contributed by atoms with van der Waals surface area (Å²) in [6, 6.07) is 8.93. The molecule has 28 heavy (non-hydrogen) atoms. The summed E-state index contributed by atoms with van der Waals surface area (Å²) >= 11 is 1.57. The lowest BCUT2D eigenvalue weighted by Crippen LogP contribution is -2.31. The number of methoxy groups -OCH3 is 3. The maximum absolute atomic E-state index is 13.4. The van der Waals surface area contributed by atoms with Crippen molar-refractivity contribution in [2.24, 2.45) is 0 Å². The molecule has 6 nitrogen and oxygen atoms in total. The van der Waals surface area contributed by atoms with Gasteiger partial charge in [-0.05, 0) is 31.5 Å². The molecule has 0 N–H and O–H groups in total. The summed E-state index contributed by atoms with van der Waals surface area (Å²) < 4.78 is 44.7. The normalized spacial score (nSPS) is 17.5. The van der Waals surface area contributed by atoms with Gasteiger partial charge in [0.25, 0.3) is 0 Å². The van der Waals surface area contributed by atoms with E-state index in [1.54, 1.807) is 55.6 Å². The van der Waals surface area contributed by atoms with Crippen LogP contribution in [0.4, 0.5) is 0 Å². The SMILES string of the molecule is COc1cc(OC)c([C@H]2SCCN2S(=O)(=O)c2ccc(C)cc2C)cc1OC. The van der Waals surface area contributed by atoms with Crippen LogP contribution in [-0.4, -0.2) is 46.4 Å². The minimum absolute atomic E-state index is 0.338. The lowest BCUT2D eigenvalue weighted by molar-refractivity contribution is 0.344. The van der Waals surface area contributed by atoms with Crippen molar-refractivity contribution in [3.8, 4) is 17.2 Å². The number of hydrogen-bond acceptors (Lipinski definition) is 6. The van der Waals surface area contributed by atoms with E-state index in [1.807, 2.05) is 26.0 Å². The van der Waals surface area contributed by atoms with Crippen LogP contribution in [0.25, 0.3) is 0 Å². The molecular weight excluding hydrogens is 398 g/mol. The van der Waals surface area contributed by atoms with Crippen LogP contribution in [0.5, 0.6) is 17.2 Å². The van der Waals surface area contributed by atoms with Gasteiger partial charge in [-0.1, -0.05) is 17.7 Å². The summed E-state index contributed by atoms with van der Waals surface area (Å²) in [5, 5.41) is -0.402. The molecule has 1 aliphatic rings. The van der Waals surface area contributed by atoms with Gasteiger partial charge < -0.3 is 14.2 Å². The lowest BCUT2D eigenvalue weighted by atomic mass is 10.1. The van der Waals surface area contributed by atoms with E-state index >= 15 is 0 Å².